The third-order valence-corrected chi connectivity index (χ3v) is 4.91. The van der Waals surface area contributed by atoms with Gasteiger partial charge in [0.05, 0.1) is 17.0 Å². The number of hydrogen-bond donors (Lipinski definition) is 1. The molecule has 1 aliphatic heterocycles. The number of carbonyl (C=O) groups excluding carboxylic acids is 1. The molecule has 1 fully saturated rings. The summed E-state index contributed by atoms with van der Waals surface area (Å²) in [4.78, 5) is 11.1. The summed E-state index contributed by atoms with van der Waals surface area (Å²) in [6, 6.07) is 3.23. The molecule has 0 aromatic heterocycles. The Morgan fingerprint density at radius 2 is 1.76 bits per heavy atom. The zero-order valence-electron chi connectivity index (χ0n) is 10.9. The second-order valence-electron chi connectivity index (χ2n) is 4.56. The minimum atomic E-state index is -4.52. The van der Waals surface area contributed by atoms with Crippen LogP contribution in [0.2, 0.25) is 0 Å². The zero-order valence-corrected chi connectivity index (χ0v) is 11.7. The summed E-state index contributed by atoms with van der Waals surface area (Å²) in [5.41, 5.74) is -0.921. The Morgan fingerprint density at radius 3 is 2.33 bits per heavy atom. The van der Waals surface area contributed by atoms with Gasteiger partial charge in [-0.3, -0.25) is 4.79 Å². The van der Waals surface area contributed by atoms with Crippen LogP contribution in [0.4, 0.5) is 13.2 Å². The maximum Gasteiger partial charge on any atom is 0.416 e. The number of alkyl halides is 3. The predicted octanol–water partition coefficient (Wildman–Crippen LogP) is 1.22. The van der Waals surface area contributed by atoms with Gasteiger partial charge in [-0.25, -0.2) is 8.42 Å². The summed E-state index contributed by atoms with van der Waals surface area (Å²) in [7, 11) is -3.98. The Labute approximate surface area is 119 Å². The Bertz CT molecular complexity index is 626. The predicted molar refractivity (Wildman–Crippen MR) is 67.8 cm³/mol. The third-order valence-electron chi connectivity index (χ3n) is 3.05. The van der Waals surface area contributed by atoms with Crippen LogP contribution >= 0.6 is 0 Å². The fourth-order valence-electron chi connectivity index (χ4n) is 1.95. The van der Waals surface area contributed by atoms with E-state index >= 15 is 0 Å². The lowest BCUT2D eigenvalue weighted by molar-refractivity contribution is -0.137. The van der Waals surface area contributed by atoms with E-state index in [9.17, 15) is 26.4 Å². The molecule has 1 amide bonds. The standard InChI is InChI=1S/C12H13F3N2O3S/c13-12(14,15)9-2-4-10(5-3-9)21(19,20)17-7-1-6-16-11(18)8-17/h2-5H,1,6-8H2,(H,16,18). The van der Waals surface area contributed by atoms with Crippen LogP contribution in [0, 0.1) is 0 Å². The van der Waals surface area contributed by atoms with Gasteiger partial charge in [0, 0.05) is 13.1 Å². The first kappa shape index (κ1) is 15.8. The fraction of sp³-hybridized carbons (Fsp3) is 0.417. The van der Waals surface area contributed by atoms with Crippen LogP contribution in [0.3, 0.4) is 0 Å². The maximum absolute atomic E-state index is 12.5. The molecular formula is C12H13F3N2O3S. The summed E-state index contributed by atoms with van der Waals surface area (Å²) in [5.74, 6) is -0.428. The van der Waals surface area contributed by atoms with Crippen molar-refractivity contribution < 1.29 is 26.4 Å². The van der Waals surface area contributed by atoms with Crippen LogP contribution in [0.5, 0.6) is 0 Å². The number of nitrogens with zero attached hydrogens (tertiary/aromatic N) is 1. The van der Waals surface area contributed by atoms with Crippen molar-refractivity contribution in [2.45, 2.75) is 17.5 Å². The van der Waals surface area contributed by atoms with Gasteiger partial charge >= 0.3 is 6.18 Å². The van der Waals surface area contributed by atoms with Crippen LogP contribution in [-0.4, -0.2) is 38.3 Å². The van der Waals surface area contributed by atoms with E-state index in [1.54, 1.807) is 0 Å². The molecule has 0 unspecified atom stereocenters. The molecule has 9 heteroatoms. The lowest BCUT2D eigenvalue weighted by atomic mass is 10.2. The number of hydrogen-bond acceptors (Lipinski definition) is 3. The molecular weight excluding hydrogens is 309 g/mol. The number of nitrogens with one attached hydrogen (secondary N) is 1. The molecule has 0 atom stereocenters. The van der Waals surface area contributed by atoms with Crippen LogP contribution in [-0.2, 0) is 21.0 Å². The Hall–Kier alpha value is -1.61. The minimum absolute atomic E-state index is 0.141. The van der Waals surface area contributed by atoms with Gasteiger partial charge in [0.25, 0.3) is 0 Å². The van der Waals surface area contributed by atoms with E-state index in [1.807, 2.05) is 0 Å². The van der Waals surface area contributed by atoms with E-state index < -0.39 is 27.7 Å². The summed E-state index contributed by atoms with van der Waals surface area (Å²) < 4.78 is 63.0. The summed E-state index contributed by atoms with van der Waals surface area (Å²) in [5, 5.41) is 2.53. The van der Waals surface area contributed by atoms with Gasteiger partial charge in [-0.05, 0) is 30.7 Å². The number of halogens is 3. The van der Waals surface area contributed by atoms with Crippen LogP contribution in [0.15, 0.2) is 29.2 Å². The van der Waals surface area contributed by atoms with E-state index in [0.29, 0.717) is 25.1 Å². The van der Waals surface area contributed by atoms with Crippen LogP contribution in [0.1, 0.15) is 12.0 Å². The van der Waals surface area contributed by atoms with Gasteiger partial charge in [-0.2, -0.15) is 17.5 Å². The molecule has 2 rings (SSSR count). The molecule has 0 aliphatic carbocycles. The molecule has 1 aliphatic rings. The molecule has 1 aromatic carbocycles. The second-order valence-corrected chi connectivity index (χ2v) is 6.50. The Balaban J connectivity index is 2.28. The highest BCUT2D eigenvalue weighted by molar-refractivity contribution is 7.89. The first-order valence-electron chi connectivity index (χ1n) is 6.15. The number of amides is 1. The summed E-state index contributed by atoms with van der Waals surface area (Å²) in [6.07, 6.45) is -4.07. The van der Waals surface area contributed by atoms with E-state index in [2.05, 4.69) is 5.32 Å². The van der Waals surface area contributed by atoms with E-state index in [-0.39, 0.29) is 18.0 Å². The lowest BCUT2D eigenvalue weighted by Crippen LogP contribution is -2.37. The van der Waals surface area contributed by atoms with Gasteiger partial charge in [-0.1, -0.05) is 0 Å². The van der Waals surface area contributed by atoms with Crippen molar-refractivity contribution in [1.29, 1.82) is 0 Å². The van der Waals surface area contributed by atoms with Crippen molar-refractivity contribution in [3.8, 4) is 0 Å². The largest absolute Gasteiger partial charge is 0.416 e. The molecule has 21 heavy (non-hydrogen) atoms. The van der Waals surface area contributed by atoms with Gasteiger partial charge in [0.2, 0.25) is 15.9 Å². The molecule has 5 nitrogen and oxygen atoms in total. The SMILES string of the molecule is O=C1CN(S(=O)(=O)c2ccc(C(F)(F)F)cc2)CCCN1. The molecule has 0 saturated carbocycles. The van der Waals surface area contributed by atoms with Gasteiger partial charge in [0.15, 0.2) is 0 Å². The first-order chi connectivity index (χ1) is 9.71. The Kier molecular flexibility index (Phi) is 4.24. The summed E-state index contributed by atoms with van der Waals surface area (Å²) in [6.45, 7) is 0.184. The van der Waals surface area contributed by atoms with Crippen LogP contribution < -0.4 is 5.32 Å². The van der Waals surface area contributed by atoms with Crippen molar-refractivity contribution in [3.63, 3.8) is 0 Å². The average Bonchev–Trinajstić information content (AvgIpc) is 2.63. The first-order valence-corrected chi connectivity index (χ1v) is 7.59. The fourth-order valence-corrected chi connectivity index (χ4v) is 3.38. The van der Waals surface area contributed by atoms with Crippen molar-refractivity contribution in [2.75, 3.05) is 19.6 Å². The van der Waals surface area contributed by atoms with Crippen LogP contribution in [0.25, 0.3) is 0 Å². The Morgan fingerprint density at radius 1 is 1.14 bits per heavy atom. The quantitative estimate of drug-likeness (QED) is 0.890. The summed E-state index contributed by atoms with van der Waals surface area (Å²) >= 11 is 0. The molecule has 0 spiro atoms. The zero-order chi connectivity index (χ0) is 15.7. The molecule has 0 radical (unpaired) electrons. The average molecular weight is 322 g/mol. The van der Waals surface area contributed by atoms with Crippen molar-refractivity contribution in [3.05, 3.63) is 29.8 Å². The highest BCUT2D eigenvalue weighted by atomic mass is 32.2. The monoisotopic (exact) mass is 322 g/mol. The number of rotatable bonds is 2. The normalized spacial score (nSPS) is 18.1. The highest BCUT2D eigenvalue weighted by Gasteiger charge is 2.32. The van der Waals surface area contributed by atoms with Crippen molar-refractivity contribution in [1.82, 2.24) is 9.62 Å². The highest BCUT2D eigenvalue weighted by Crippen LogP contribution is 2.30. The van der Waals surface area contributed by atoms with Crippen molar-refractivity contribution in [2.24, 2.45) is 0 Å². The molecule has 1 N–H and O–H groups in total. The van der Waals surface area contributed by atoms with E-state index in [4.69, 9.17) is 0 Å². The van der Waals surface area contributed by atoms with Gasteiger partial charge < -0.3 is 5.32 Å². The van der Waals surface area contributed by atoms with Crippen molar-refractivity contribution >= 4 is 15.9 Å². The molecule has 116 valence electrons. The molecule has 0 bridgehead atoms. The molecule has 1 saturated heterocycles. The third kappa shape index (κ3) is 3.53. The number of carbonyl (C=O) groups is 1. The minimum Gasteiger partial charge on any atom is -0.355 e. The number of sulfonamides is 1. The number of benzene rings is 1. The van der Waals surface area contributed by atoms with E-state index in [1.165, 1.54) is 0 Å². The topological polar surface area (TPSA) is 66.5 Å². The maximum atomic E-state index is 12.5. The van der Waals surface area contributed by atoms with Gasteiger partial charge in [0.1, 0.15) is 0 Å². The van der Waals surface area contributed by atoms with Gasteiger partial charge in [-0.15, -0.1) is 0 Å². The second kappa shape index (κ2) is 5.64. The molecule has 1 aromatic rings. The van der Waals surface area contributed by atoms with E-state index in [0.717, 1.165) is 16.4 Å². The lowest BCUT2D eigenvalue weighted by Gasteiger charge is -2.19. The molecule has 1 heterocycles. The smallest absolute Gasteiger partial charge is 0.355 e.